The molecule has 3 fully saturated rings. The van der Waals surface area contributed by atoms with E-state index in [4.69, 9.17) is 28.4 Å². The second-order valence-corrected chi connectivity index (χ2v) is 19.7. The summed E-state index contributed by atoms with van der Waals surface area (Å²) in [6.07, 6.45) is -7.71. The van der Waals surface area contributed by atoms with Crippen LogP contribution in [0.25, 0.3) is 0 Å². The second kappa shape index (κ2) is 22.6. The van der Waals surface area contributed by atoms with Gasteiger partial charge in [0.15, 0.2) is 12.6 Å². The molecule has 0 radical (unpaired) electrons. The van der Waals surface area contributed by atoms with Gasteiger partial charge in [-0.1, -0.05) is 51.1 Å². The molecule has 3 aliphatic heterocycles. The van der Waals surface area contributed by atoms with Gasteiger partial charge < -0.3 is 64.2 Å². The van der Waals surface area contributed by atoms with Crippen molar-refractivity contribution in [3.05, 3.63) is 35.9 Å². The van der Waals surface area contributed by atoms with Gasteiger partial charge in [0.05, 0.1) is 41.5 Å². The first-order valence-electron chi connectivity index (χ1n) is 23.0. The normalized spacial score (nSPS) is 43.5. The molecular weight excluding hydrogens is 799 g/mol. The lowest BCUT2D eigenvalue weighted by Crippen LogP contribution is -2.60. The number of aliphatic hydroxyl groups excluding tert-OH is 3. The molecule has 1 aromatic carbocycles. The molecule has 0 spiro atoms. The third-order valence-corrected chi connectivity index (χ3v) is 14.0. The minimum atomic E-state index is -1.84. The number of ether oxygens (including phenoxy) is 6. The van der Waals surface area contributed by atoms with Crippen molar-refractivity contribution in [1.29, 1.82) is 0 Å². The molecule has 18 atom stereocenters. The molecule has 62 heavy (non-hydrogen) atoms. The average Bonchev–Trinajstić information content (AvgIpc) is 3.21. The Hall–Kier alpha value is -1.83. The highest BCUT2D eigenvalue weighted by molar-refractivity contribution is 5.73. The highest BCUT2D eigenvalue weighted by Crippen LogP contribution is 2.40. The fourth-order valence-electron chi connectivity index (χ4n) is 10.1. The number of benzene rings is 1. The van der Waals surface area contributed by atoms with E-state index in [0.717, 1.165) is 6.42 Å². The van der Waals surface area contributed by atoms with Crippen LogP contribution in [0.2, 0.25) is 0 Å². The van der Waals surface area contributed by atoms with Crippen molar-refractivity contribution in [2.24, 2.45) is 17.8 Å². The molecule has 3 aliphatic rings. The first-order valence-corrected chi connectivity index (χ1v) is 23.0. The maximum absolute atomic E-state index is 14.5. The van der Waals surface area contributed by atoms with E-state index in [1.54, 1.807) is 34.6 Å². The third-order valence-electron chi connectivity index (χ3n) is 14.0. The van der Waals surface area contributed by atoms with E-state index in [2.05, 4.69) is 22.3 Å². The van der Waals surface area contributed by atoms with Gasteiger partial charge in [0.2, 0.25) is 0 Å². The van der Waals surface area contributed by atoms with E-state index >= 15 is 0 Å². The summed E-state index contributed by atoms with van der Waals surface area (Å²) in [5.74, 6) is -2.67. The van der Waals surface area contributed by atoms with E-state index in [0.29, 0.717) is 32.6 Å². The fourth-order valence-corrected chi connectivity index (χ4v) is 10.1. The molecule has 0 unspecified atom stereocenters. The number of carbonyl (C=O) groups is 1. The van der Waals surface area contributed by atoms with E-state index in [1.807, 2.05) is 64.9 Å². The number of carbonyl (C=O) groups excluding carboxylic acids is 1. The quantitative estimate of drug-likeness (QED) is 0.125. The number of methoxy groups -OCH3 is 1. The van der Waals surface area contributed by atoms with Crippen molar-refractivity contribution in [2.75, 3.05) is 40.8 Å². The van der Waals surface area contributed by atoms with Crippen LogP contribution in [0.1, 0.15) is 107 Å². The summed E-state index contributed by atoms with van der Waals surface area (Å²) in [6.45, 7) is 20.3. The van der Waals surface area contributed by atoms with Gasteiger partial charge in [0, 0.05) is 44.6 Å². The summed E-state index contributed by atoms with van der Waals surface area (Å²) < 4.78 is 38.1. The van der Waals surface area contributed by atoms with Crippen LogP contribution in [-0.4, -0.2) is 172 Å². The molecule has 1 aromatic rings. The van der Waals surface area contributed by atoms with Crippen LogP contribution in [-0.2, 0) is 39.8 Å². The van der Waals surface area contributed by atoms with Crippen molar-refractivity contribution in [3.8, 4) is 0 Å². The lowest BCUT2D eigenvalue weighted by Gasteiger charge is -2.48. The number of likely N-dealkylation sites (N-methyl/N-ethyl adjacent to an activating group) is 1. The molecule has 0 saturated carbocycles. The number of cyclic esters (lactones) is 1. The Bertz CT molecular complexity index is 1510. The number of rotatable bonds is 13. The summed E-state index contributed by atoms with van der Waals surface area (Å²) in [5.41, 5.74) is -3.30. The van der Waals surface area contributed by atoms with Crippen LogP contribution < -0.4 is 5.32 Å². The van der Waals surface area contributed by atoms with Crippen LogP contribution in [0, 0.1) is 17.8 Å². The van der Waals surface area contributed by atoms with E-state index < -0.39 is 96.0 Å². The largest absolute Gasteiger partial charge is 0.459 e. The molecule has 0 aromatic heterocycles. The Balaban J connectivity index is 1.76. The molecule has 0 bridgehead atoms. The Kier molecular flexibility index (Phi) is 19.2. The molecule has 0 amide bonds. The van der Waals surface area contributed by atoms with Gasteiger partial charge in [0.25, 0.3) is 0 Å². The second-order valence-electron chi connectivity index (χ2n) is 19.7. The predicted molar refractivity (Wildman–Crippen MR) is 236 cm³/mol. The number of aliphatic hydroxyl groups is 5. The van der Waals surface area contributed by atoms with E-state index in [1.165, 1.54) is 19.6 Å². The van der Waals surface area contributed by atoms with E-state index in [9.17, 15) is 30.3 Å². The molecule has 15 heteroatoms. The summed E-state index contributed by atoms with van der Waals surface area (Å²) in [5, 5.41) is 63.2. The highest BCUT2D eigenvalue weighted by atomic mass is 16.7. The Morgan fingerprint density at radius 2 is 1.60 bits per heavy atom. The van der Waals surface area contributed by atoms with Crippen molar-refractivity contribution in [2.45, 2.75) is 198 Å². The highest BCUT2D eigenvalue weighted by Gasteiger charge is 2.53. The number of nitrogens with zero attached hydrogens (tertiary/aromatic N) is 2. The van der Waals surface area contributed by atoms with Crippen LogP contribution in [0.15, 0.2) is 30.3 Å². The van der Waals surface area contributed by atoms with Gasteiger partial charge in [0.1, 0.15) is 30.0 Å². The van der Waals surface area contributed by atoms with Crippen LogP contribution in [0.5, 0.6) is 0 Å². The van der Waals surface area contributed by atoms with Crippen molar-refractivity contribution < 1.29 is 58.7 Å². The minimum absolute atomic E-state index is 0.124. The smallest absolute Gasteiger partial charge is 0.311 e. The van der Waals surface area contributed by atoms with Gasteiger partial charge in [-0.25, -0.2) is 0 Å². The first kappa shape index (κ1) is 52.8. The Morgan fingerprint density at radius 3 is 2.21 bits per heavy atom. The van der Waals surface area contributed by atoms with E-state index in [-0.39, 0.29) is 37.3 Å². The Morgan fingerprint density at radius 1 is 0.935 bits per heavy atom. The molecule has 3 saturated heterocycles. The van der Waals surface area contributed by atoms with Gasteiger partial charge in [-0.15, -0.1) is 0 Å². The minimum Gasteiger partial charge on any atom is -0.459 e. The first-order chi connectivity index (χ1) is 29.0. The topological polar surface area (TPSA) is 192 Å². The molecule has 4 rings (SSSR count). The SMILES string of the molecule is CC[C@H]1OC(=O)[C@H](C)[C@@H](O[C@H]2C[C@@](C)(OC)[C@@H](O)[C@H](C)O2)[C@H](C)[C@@H](O[C@@H]2O[C@H](C)C[C@H](N(C)C)[C@H]2O)[C@](C)(O)C[C@@H](C)CN(CCCNCc2ccccc2)[C@H](C)[C@@H](O)[C@]1(C)O. The number of hydrogen-bond donors (Lipinski definition) is 6. The Labute approximate surface area is 371 Å². The zero-order valence-electron chi connectivity index (χ0n) is 39.9. The maximum atomic E-state index is 14.5. The van der Waals surface area contributed by atoms with Gasteiger partial charge in [-0.3, -0.25) is 9.69 Å². The summed E-state index contributed by atoms with van der Waals surface area (Å²) in [7, 11) is 5.30. The van der Waals surface area contributed by atoms with Crippen LogP contribution in [0.4, 0.5) is 0 Å². The van der Waals surface area contributed by atoms with Gasteiger partial charge in [-0.05, 0) is 113 Å². The standard InChI is InChI=1S/C47H83N3O12/c1-14-36-47(10,56)40(52)32(6)50(22-18-21-48-26-34-19-16-15-17-20-34)27-28(2)24-45(8,55)42(62-44-38(51)35(49(11)12)23-29(3)58-44)30(4)39(31(5)43(54)60-36)61-37-25-46(9,57-13)41(53)33(7)59-37/h15-17,19-20,28-33,35-42,44,48,51-53,55-56H,14,18,21-27H2,1-13H3/t28-,29-,30+,31-,32-,33+,35+,36-,37+,38-,39+,40-,41+,42-,44+,45-,46-,47-/m1/s1. The van der Waals surface area contributed by atoms with Crippen LogP contribution >= 0.6 is 0 Å². The molecule has 15 nitrogen and oxygen atoms in total. The fraction of sp³-hybridized carbons (Fsp3) is 0.851. The zero-order valence-corrected chi connectivity index (χ0v) is 39.9. The van der Waals surface area contributed by atoms with Crippen molar-refractivity contribution in [1.82, 2.24) is 15.1 Å². The molecule has 6 N–H and O–H groups in total. The van der Waals surface area contributed by atoms with Crippen molar-refractivity contribution >= 4 is 5.97 Å². The summed E-state index contributed by atoms with van der Waals surface area (Å²) >= 11 is 0. The lowest BCUT2D eigenvalue weighted by atomic mass is 9.77. The number of hydrogen-bond acceptors (Lipinski definition) is 15. The molecule has 358 valence electrons. The monoisotopic (exact) mass is 882 g/mol. The molecule has 3 heterocycles. The van der Waals surface area contributed by atoms with Gasteiger partial charge >= 0.3 is 5.97 Å². The lowest BCUT2D eigenvalue weighted by molar-refractivity contribution is -0.318. The molecule has 0 aliphatic carbocycles. The summed E-state index contributed by atoms with van der Waals surface area (Å²) in [4.78, 5) is 18.6. The van der Waals surface area contributed by atoms with Crippen LogP contribution in [0.3, 0.4) is 0 Å². The maximum Gasteiger partial charge on any atom is 0.311 e. The number of nitrogens with one attached hydrogen (secondary N) is 1. The van der Waals surface area contributed by atoms with Crippen molar-refractivity contribution in [3.63, 3.8) is 0 Å². The number of esters is 1. The summed E-state index contributed by atoms with van der Waals surface area (Å²) in [6, 6.07) is 9.29. The average molecular weight is 882 g/mol. The zero-order chi connectivity index (χ0) is 46.3. The predicted octanol–water partition coefficient (Wildman–Crippen LogP) is 3.45. The third kappa shape index (κ3) is 12.9. The van der Waals surface area contributed by atoms with Gasteiger partial charge in [-0.2, -0.15) is 0 Å². The molecular formula is C47H83N3O12.